The summed E-state index contributed by atoms with van der Waals surface area (Å²) in [6.07, 6.45) is 0. The Balaban J connectivity index is 3.13. The van der Waals surface area contributed by atoms with Crippen molar-refractivity contribution in [2.24, 2.45) is 0 Å². The number of nitro groups is 1. The van der Waals surface area contributed by atoms with E-state index < -0.39 is 10.9 Å². The Bertz CT molecular complexity index is 431. The Morgan fingerprint density at radius 3 is 2.69 bits per heavy atom. The van der Waals surface area contributed by atoms with Crippen LogP contribution in [0.5, 0.6) is 0 Å². The zero-order valence-corrected chi connectivity index (χ0v) is 9.01. The molecular weight excluding hydrogens is 212 g/mol. The lowest BCUT2D eigenvalue weighted by atomic mass is 10.2. The van der Waals surface area contributed by atoms with Gasteiger partial charge in [0.25, 0.3) is 5.69 Å². The number of hydrogen-bond acceptors (Lipinski definition) is 4. The number of anilines is 1. The van der Waals surface area contributed by atoms with Gasteiger partial charge in [-0.1, -0.05) is 6.07 Å². The molecule has 0 aliphatic rings. The van der Waals surface area contributed by atoms with Crippen molar-refractivity contribution >= 4 is 17.3 Å². The summed E-state index contributed by atoms with van der Waals surface area (Å²) in [5.74, 6) is -1.03. The molecule has 86 valence electrons. The molecule has 6 heteroatoms. The highest BCUT2D eigenvalue weighted by atomic mass is 16.6. The van der Waals surface area contributed by atoms with Crippen LogP contribution in [0.3, 0.4) is 0 Å². The Hall–Kier alpha value is -2.11. The maximum absolute atomic E-state index is 10.8. The maximum atomic E-state index is 10.8. The Morgan fingerprint density at radius 2 is 2.19 bits per heavy atom. The molecule has 0 unspecified atom stereocenters. The molecule has 0 saturated carbocycles. The lowest BCUT2D eigenvalue weighted by Gasteiger charge is -2.16. The third-order valence-corrected chi connectivity index (χ3v) is 2.11. The summed E-state index contributed by atoms with van der Waals surface area (Å²) >= 11 is 0. The van der Waals surface area contributed by atoms with Crippen molar-refractivity contribution < 1.29 is 14.8 Å². The first-order chi connectivity index (χ1) is 7.41. The van der Waals surface area contributed by atoms with Gasteiger partial charge in [0.05, 0.1) is 4.92 Å². The van der Waals surface area contributed by atoms with Crippen LogP contribution in [0.2, 0.25) is 0 Å². The zero-order valence-electron chi connectivity index (χ0n) is 9.01. The number of carbonyl (C=O) groups is 1. The SMILES string of the molecule is Cc1ccc([N+](=O)[O-])c(N(C)CC(=O)O)c1. The van der Waals surface area contributed by atoms with Gasteiger partial charge in [0.2, 0.25) is 0 Å². The minimum absolute atomic E-state index is 0.0886. The number of carboxylic acids is 1. The van der Waals surface area contributed by atoms with Crippen LogP contribution in [0.4, 0.5) is 11.4 Å². The van der Waals surface area contributed by atoms with Crippen LogP contribution in [-0.2, 0) is 4.79 Å². The summed E-state index contributed by atoms with van der Waals surface area (Å²) in [4.78, 5) is 22.1. The summed E-state index contributed by atoms with van der Waals surface area (Å²) in [6, 6.07) is 4.60. The molecule has 1 aromatic rings. The summed E-state index contributed by atoms with van der Waals surface area (Å²) in [5.41, 5.74) is 1.07. The van der Waals surface area contributed by atoms with Crippen LogP contribution in [0, 0.1) is 17.0 Å². The number of rotatable bonds is 4. The molecule has 0 aliphatic carbocycles. The van der Waals surface area contributed by atoms with E-state index in [9.17, 15) is 14.9 Å². The third-order valence-electron chi connectivity index (χ3n) is 2.11. The van der Waals surface area contributed by atoms with Gasteiger partial charge < -0.3 is 10.0 Å². The molecule has 1 aromatic carbocycles. The Labute approximate surface area is 92.3 Å². The topological polar surface area (TPSA) is 83.7 Å². The minimum Gasteiger partial charge on any atom is -0.480 e. The molecule has 0 fully saturated rings. The zero-order chi connectivity index (χ0) is 12.3. The molecule has 0 aromatic heterocycles. The van der Waals surface area contributed by atoms with Gasteiger partial charge in [-0.3, -0.25) is 14.9 Å². The van der Waals surface area contributed by atoms with Gasteiger partial charge in [-0.15, -0.1) is 0 Å². The molecular formula is C10H12N2O4. The lowest BCUT2D eigenvalue weighted by molar-refractivity contribution is -0.384. The maximum Gasteiger partial charge on any atom is 0.323 e. The highest BCUT2D eigenvalue weighted by Crippen LogP contribution is 2.27. The monoisotopic (exact) mass is 224 g/mol. The summed E-state index contributed by atoms with van der Waals surface area (Å²) < 4.78 is 0. The van der Waals surface area contributed by atoms with E-state index in [4.69, 9.17) is 5.11 Å². The molecule has 0 aliphatic heterocycles. The molecule has 1 N–H and O–H groups in total. The van der Waals surface area contributed by atoms with Crippen molar-refractivity contribution in [3.8, 4) is 0 Å². The number of benzene rings is 1. The molecule has 0 spiro atoms. The van der Waals surface area contributed by atoms with E-state index in [2.05, 4.69) is 0 Å². The molecule has 0 bridgehead atoms. The number of carboxylic acid groups (broad SMARTS) is 1. The largest absolute Gasteiger partial charge is 0.480 e. The van der Waals surface area contributed by atoms with Gasteiger partial charge in [-0.05, 0) is 18.6 Å². The second-order valence-corrected chi connectivity index (χ2v) is 3.50. The van der Waals surface area contributed by atoms with Crippen molar-refractivity contribution in [1.82, 2.24) is 0 Å². The fraction of sp³-hybridized carbons (Fsp3) is 0.300. The predicted molar refractivity (Wildman–Crippen MR) is 58.7 cm³/mol. The fourth-order valence-corrected chi connectivity index (χ4v) is 1.38. The number of aliphatic carboxylic acids is 1. The second kappa shape index (κ2) is 4.61. The molecule has 0 saturated heterocycles. The van der Waals surface area contributed by atoms with Gasteiger partial charge in [-0.25, -0.2) is 0 Å². The van der Waals surface area contributed by atoms with Gasteiger partial charge in [0.1, 0.15) is 12.2 Å². The molecule has 0 radical (unpaired) electrons. The van der Waals surface area contributed by atoms with Crippen LogP contribution in [0.1, 0.15) is 5.56 Å². The predicted octanol–water partition coefficient (Wildman–Crippen LogP) is 1.42. The minimum atomic E-state index is -1.03. The first kappa shape index (κ1) is 12.0. The average Bonchev–Trinajstić information content (AvgIpc) is 2.15. The van der Waals surface area contributed by atoms with E-state index in [0.29, 0.717) is 5.69 Å². The lowest BCUT2D eigenvalue weighted by Crippen LogP contribution is -2.25. The summed E-state index contributed by atoms with van der Waals surface area (Å²) in [6.45, 7) is 1.52. The standard InChI is InChI=1S/C10H12N2O4/c1-7-3-4-8(12(15)16)9(5-7)11(2)6-10(13)14/h3-5H,6H2,1-2H3,(H,13,14). The summed E-state index contributed by atoms with van der Waals surface area (Å²) in [5, 5.41) is 19.4. The van der Waals surface area contributed by atoms with Crippen LogP contribution in [0.15, 0.2) is 18.2 Å². The molecule has 0 amide bonds. The smallest absolute Gasteiger partial charge is 0.323 e. The first-order valence-corrected chi connectivity index (χ1v) is 4.60. The normalized spacial score (nSPS) is 9.88. The van der Waals surface area contributed by atoms with Crippen LogP contribution in [-0.4, -0.2) is 29.6 Å². The van der Waals surface area contributed by atoms with Crippen LogP contribution < -0.4 is 4.90 Å². The molecule has 0 atom stereocenters. The highest BCUT2D eigenvalue weighted by Gasteiger charge is 2.18. The van der Waals surface area contributed by atoms with E-state index in [1.807, 2.05) is 0 Å². The van der Waals surface area contributed by atoms with Crippen LogP contribution in [0.25, 0.3) is 0 Å². The van der Waals surface area contributed by atoms with E-state index >= 15 is 0 Å². The fourth-order valence-electron chi connectivity index (χ4n) is 1.38. The van der Waals surface area contributed by atoms with Crippen molar-refractivity contribution in [2.45, 2.75) is 6.92 Å². The quantitative estimate of drug-likeness (QED) is 0.617. The van der Waals surface area contributed by atoms with Gasteiger partial charge in [-0.2, -0.15) is 0 Å². The van der Waals surface area contributed by atoms with Crippen molar-refractivity contribution in [3.05, 3.63) is 33.9 Å². The van der Waals surface area contributed by atoms with E-state index in [0.717, 1.165) is 5.56 Å². The van der Waals surface area contributed by atoms with E-state index in [1.54, 1.807) is 19.1 Å². The number of nitrogens with zero attached hydrogens (tertiary/aromatic N) is 2. The van der Waals surface area contributed by atoms with Gasteiger partial charge in [0, 0.05) is 13.1 Å². The van der Waals surface area contributed by atoms with Gasteiger partial charge >= 0.3 is 5.97 Å². The highest BCUT2D eigenvalue weighted by molar-refractivity contribution is 5.76. The van der Waals surface area contributed by atoms with E-state index in [1.165, 1.54) is 18.0 Å². The first-order valence-electron chi connectivity index (χ1n) is 4.60. The molecule has 1 rings (SSSR count). The number of likely N-dealkylation sites (N-methyl/N-ethyl adjacent to an activating group) is 1. The molecule has 0 heterocycles. The third kappa shape index (κ3) is 2.69. The molecule has 16 heavy (non-hydrogen) atoms. The number of nitro benzene ring substituents is 1. The number of aryl methyl sites for hydroxylation is 1. The van der Waals surface area contributed by atoms with Crippen molar-refractivity contribution in [2.75, 3.05) is 18.5 Å². The van der Waals surface area contributed by atoms with E-state index in [-0.39, 0.29) is 12.2 Å². The Morgan fingerprint density at radius 1 is 1.56 bits per heavy atom. The molecule has 6 nitrogen and oxygen atoms in total. The number of hydrogen-bond donors (Lipinski definition) is 1. The summed E-state index contributed by atoms with van der Waals surface area (Å²) in [7, 11) is 1.51. The van der Waals surface area contributed by atoms with Crippen LogP contribution >= 0.6 is 0 Å². The Kier molecular flexibility index (Phi) is 3.44. The average molecular weight is 224 g/mol. The van der Waals surface area contributed by atoms with Crippen molar-refractivity contribution in [3.63, 3.8) is 0 Å². The second-order valence-electron chi connectivity index (χ2n) is 3.50. The van der Waals surface area contributed by atoms with Crippen molar-refractivity contribution in [1.29, 1.82) is 0 Å². The van der Waals surface area contributed by atoms with Gasteiger partial charge in [0.15, 0.2) is 0 Å².